The van der Waals surface area contributed by atoms with E-state index in [1.165, 1.54) is 77.0 Å². The van der Waals surface area contributed by atoms with Crippen molar-refractivity contribution in [2.45, 2.75) is 77.0 Å². The van der Waals surface area contributed by atoms with Crippen molar-refractivity contribution in [2.75, 3.05) is 0 Å². The van der Waals surface area contributed by atoms with Crippen molar-refractivity contribution in [1.29, 1.82) is 10.8 Å². The number of hydrogen-bond donors (Lipinski definition) is 2. The molecule has 0 saturated heterocycles. The van der Waals surface area contributed by atoms with Crippen molar-refractivity contribution in [2.24, 2.45) is 0 Å². The summed E-state index contributed by atoms with van der Waals surface area (Å²) in [6.45, 7) is 6.00. The predicted octanol–water partition coefficient (Wildman–Crippen LogP) is 5.29. The van der Waals surface area contributed by atoms with Gasteiger partial charge in [0.05, 0.1) is 0 Å². The molecule has 2 saturated carbocycles. The van der Waals surface area contributed by atoms with Crippen molar-refractivity contribution < 1.29 is 9.59 Å². The van der Waals surface area contributed by atoms with E-state index in [2.05, 4.69) is 13.2 Å². The van der Waals surface area contributed by atoms with Gasteiger partial charge in [0.25, 0.3) is 0 Å². The Bertz CT molecular complexity index is 176. The van der Waals surface area contributed by atoms with E-state index in [0.717, 1.165) is 12.2 Å². The van der Waals surface area contributed by atoms with Crippen LogP contribution in [0.25, 0.3) is 0 Å². The lowest BCUT2D eigenvalue weighted by molar-refractivity contribution is 0.504. The second kappa shape index (κ2) is 30.5. The zero-order valence-corrected chi connectivity index (χ0v) is 12.7. The molecule has 2 fully saturated rings. The number of carbonyl (C=O) groups excluding carboxylic acids is 2. The molecule has 0 heterocycles. The SMILES string of the molecule is C1CCCCC1.C1CCCCC1.C=C.N=C=O.N=C=O. The highest BCUT2D eigenvalue weighted by atomic mass is 16.1. The molecule has 0 aromatic rings. The Hall–Kier alpha value is -1.50. The molecule has 4 nitrogen and oxygen atoms in total. The fourth-order valence-electron chi connectivity index (χ4n) is 2.12. The van der Waals surface area contributed by atoms with E-state index in [0.29, 0.717) is 0 Å². The third-order valence-electron chi connectivity index (χ3n) is 3.00. The summed E-state index contributed by atoms with van der Waals surface area (Å²) in [6, 6.07) is 0. The molecule has 116 valence electrons. The van der Waals surface area contributed by atoms with Gasteiger partial charge in [0.1, 0.15) is 0 Å². The fraction of sp³-hybridized carbons (Fsp3) is 0.750. The van der Waals surface area contributed by atoms with E-state index in [-0.39, 0.29) is 0 Å². The summed E-state index contributed by atoms with van der Waals surface area (Å²) in [4.78, 5) is 16.7. The summed E-state index contributed by atoms with van der Waals surface area (Å²) in [5.74, 6) is 0. The summed E-state index contributed by atoms with van der Waals surface area (Å²) in [7, 11) is 0. The van der Waals surface area contributed by atoms with E-state index in [9.17, 15) is 0 Å². The largest absolute Gasteiger partial charge is 0.231 e. The average Bonchev–Trinajstić information content (AvgIpc) is 2.55. The molecular weight excluding hydrogens is 252 g/mol. The fourth-order valence-corrected chi connectivity index (χ4v) is 2.12. The molecule has 2 aliphatic rings. The Morgan fingerprint density at radius 2 is 0.550 bits per heavy atom. The maximum atomic E-state index is 8.35. The van der Waals surface area contributed by atoms with Crippen LogP contribution in [0.15, 0.2) is 13.2 Å². The average molecular weight is 282 g/mol. The van der Waals surface area contributed by atoms with E-state index < -0.39 is 0 Å². The van der Waals surface area contributed by atoms with Gasteiger partial charge in [-0.2, -0.15) is 0 Å². The second-order valence-electron chi connectivity index (χ2n) is 4.45. The van der Waals surface area contributed by atoms with Crippen LogP contribution >= 0.6 is 0 Å². The first-order valence-corrected chi connectivity index (χ1v) is 7.41. The molecule has 2 aliphatic carbocycles. The third-order valence-corrected chi connectivity index (χ3v) is 3.00. The highest BCUT2D eigenvalue weighted by Crippen LogP contribution is 2.15. The van der Waals surface area contributed by atoms with Crippen LogP contribution in [0.2, 0.25) is 0 Å². The summed E-state index contributed by atoms with van der Waals surface area (Å²) < 4.78 is 0. The Morgan fingerprint density at radius 3 is 0.600 bits per heavy atom. The Balaban J connectivity index is -0.000000195. The minimum Gasteiger partial charge on any atom is -0.222 e. The van der Waals surface area contributed by atoms with Crippen LogP contribution in [0.1, 0.15) is 77.0 Å². The zero-order chi connectivity index (χ0) is 15.9. The molecule has 2 N–H and O–H groups in total. The molecule has 0 amide bonds. The van der Waals surface area contributed by atoms with Gasteiger partial charge in [0.2, 0.25) is 12.2 Å². The van der Waals surface area contributed by atoms with Gasteiger partial charge in [0.15, 0.2) is 0 Å². The smallest absolute Gasteiger partial charge is 0.222 e. The molecule has 0 atom stereocenters. The van der Waals surface area contributed by atoms with Gasteiger partial charge < -0.3 is 0 Å². The van der Waals surface area contributed by atoms with Gasteiger partial charge in [-0.05, 0) is 0 Å². The Kier molecular flexibility index (Phi) is 36.0. The monoisotopic (exact) mass is 282 g/mol. The van der Waals surface area contributed by atoms with Crippen LogP contribution in [0, 0.1) is 10.8 Å². The molecular formula is C16H30N2O2. The van der Waals surface area contributed by atoms with Crippen LogP contribution in [0.4, 0.5) is 0 Å². The summed E-state index contributed by atoms with van der Waals surface area (Å²) in [5.41, 5.74) is 0. The number of nitrogens with one attached hydrogen (secondary N) is 2. The predicted molar refractivity (Wildman–Crippen MR) is 83.5 cm³/mol. The Morgan fingerprint density at radius 1 is 0.500 bits per heavy atom. The topological polar surface area (TPSA) is 81.8 Å². The molecule has 0 aromatic carbocycles. The second-order valence-corrected chi connectivity index (χ2v) is 4.45. The molecule has 20 heavy (non-hydrogen) atoms. The highest BCUT2D eigenvalue weighted by molar-refractivity contribution is 5.26. The normalized spacial score (nSPS) is 15.4. The molecule has 2 rings (SSSR count). The van der Waals surface area contributed by atoms with Crippen LogP contribution in [-0.2, 0) is 9.59 Å². The molecule has 0 unspecified atom stereocenters. The first-order chi connectivity index (χ1) is 9.83. The quantitative estimate of drug-likeness (QED) is 0.360. The van der Waals surface area contributed by atoms with Crippen molar-refractivity contribution in [3.8, 4) is 0 Å². The molecule has 0 aliphatic heterocycles. The lowest BCUT2D eigenvalue weighted by Gasteiger charge is -2.05. The van der Waals surface area contributed by atoms with E-state index in [1.807, 2.05) is 0 Å². The standard InChI is InChI=1S/2C6H12.C2H4.2CHNO/c2*1-2-4-6-5-3-1;1-2;2*2-1-3/h2*1-6H2;1-2H2;2*2H. The minimum atomic E-state index is 0.750. The van der Waals surface area contributed by atoms with E-state index >= 15 is 0 Å². The van der Waals surface area contributed by atoms with Gasteiger partial charge in [-0.3, -0.25) is 0 Å². The van der Waals surface area contributed by atoms with Gasteiger partial charge in [-0.1, -0.05) is 77.0 Å². The first-order valence-electron chi connectivity index (χ1n) is 7.41. The zero-order valence-electron chi connectivity index (χ0n) is 12.7. The summed E-state index contributed by atoms with van der Waals surface area (Å²) >= 11 is 0. The maximum absolute atomic E-state index is 8.35. The number of rotatable bonds is 0. The summed E-state index contributed by atoms with van der Waals surface area (Å²) in [5, 5.41) is 10.8. The van der Waals surface area contributed by atoms with Crippen molar-refractivity contribution in [1.82, 2.24) is 0 Å². The highest BCUT2D eigenvalue weighted by Gasteiger charge is 1.96. The summed E-state index contributed by atoms with van der Waals surface area (Å²) in [6.07, 6.45) is 19.5. The molecule has 0 radical (unpaired) electrons. The number of isocyanates is 2. The molecule has 0 spiro atoms. The molecule has 4 heteroatoms. The third kappa shape index (κ3) is 36.0. The lowest BCUT2D eigenvalue weighted by atomic mass is 10.0. The van der Waals surface area contributed by atoms with Gasteiger partial charge in [0, 0.05) is 0 Å². The van der Waals surface area contributed by atoms with Gasteiger partial charge in [-0.25, -0.2) is 20.4 Å². The van der Waals surface area contributed by atoms with Crippen LogP contribution in [-0.4, -0.2) is 12.2 Å². The minimum absolute atomic E-state index is 0.750. The van der Waals surface area contributed by atoms with E-state index in [4.69, 9.17) is 20.4 Å². The lowest BCUT2D eigenvalue weighted by Crippen LogP contribution is -1.85. The van der Waals surface area contributed by atoms with Gasteiger partial charge in [-0.15, -0.1) is 13.2 Å². The number of hydrogen-bond acceptors (Lipinski definition) is 4. The first kappa shape index (κ1) is 23.6. The van der Waals surface area contributed by atoms with Crippen LogP contribution < -0.4 is 0 Å². The molecule has 0 aromatic heterocycles. The van der Waals surface area contributed by atoms with Crippen molar-refractivity contribution in [3.63, 3.8) is 0 Å². The van der Waals surface area contributed by atoms with Crippen LogP contribution in [0.3, 0.4) is 0 Å². The maximum Gasteiger partial charge on any atom is 0.231 e. The van der Waals surface area contributed by atoms with Crippen LogP contribution in [0.5, 0.6) is 0 Å². The van der Waals surface area contributed by atoms with Crippen molar-refractivity contribution in [3.05, 3.63) is 13.2 Å². The van der Waals surface area contributed by atoms with Crippen molar-refractivity contribution >= 4 is 12.2 Å². The Labute approximate surface area is 123 Å². The molecule has 0 bridgehead atoms. The van der Waals surface area contributed by atoms with E-state index in [1.54, 1.807) is 0 Å². The van der Waals surface area contributed by atoms with Gasteiger partial charge >= 0.3 is 0 Å².